The molecule has 1 aromatic heterocycles. The Kier molecular flexibility index (Phi) is 9.52. The van der Waals surface area contributed by atoms with Gasteiger partial charge in [-0.05, 0) is 42.3 Å². The van der Waals surface area contributed by atoms with Crippen molar-refractivity contribution in [2.24, 2.45) is 0 Å². The van der Waals surface area contributed by atoms with Gasteiger partial charge < -0.3 is 10.1 Å². The summed E-state index contributed by atoms with van der Waals surface area (Å²) in [6.45, 7) is 3.45. The Labute approximate surface area is 236 Å². The molecule has 1 atom stereocenters. The van der Waals surface area contributed by atoms with E-state index in [1.807, 2.05) is 71.2 Å². The van der Waals surface area contributed by atoms with Crippen LogP contribution in [0.2, 0.25) is 20.1 Å². The maximum Gasteiger partial charge on any atom is 0.262 e. The summed E-state index contributed by atoms with van der Waals surface area (Å²) >= 11 is 25.0. The molecular weight excluding hydrogens is 552 g/mol. The van der Waals surface area contributed by atoms with Gasteiger partial charge in [-0.25, -0.2) is 9.13 Å². The van der Waals surface area contributed by atoms with Crippen LogP contribution in [0.4, 0.5) is 0 Å². The first-order valence-electron chi connectivity index (χ1n) is 11.6. The number of nitrogens with zero attached hydrogens (tertiary/aromatic N) is 2. The highest BCUT2D eigenvalue weighted by atomic mass is 35.5. The van der Waals surface area contributed by atoms with Crippen LogP contribution in [0.15, 0.2) is 79.4 Å². The molecule has 0 radical (unpaired) electrons. The Hall–Kier alpha value is -2.54. The van der Waals surface area contributed by atoms with Gasteiger partial charge >= 0.3 is 0 Å². The quantitative estimate of drug-likeness (QED) is 0.207. The van der Waals surface area contributed by atoms with Crippen LogP contribution in [-0.2, 0) is 35.8 Å². The normalized spacial score (nSPS) is 11.9. The molecule has 0 aliphatic heterocycles. The van der Waals surface area contributed by atoms with Crippen LogP contribution < -0.4 is 9.88 Å². The van der Waals surface area contributed by atoms with Gasteiger partial charge in [0.05, 0.1) is 6.61 Å². The Morgan fingerprint density at radius 3 is 2.38 bits per heavy atom. The van der Waals surface area contributed by atoms with E-state index in [0.717, 1.165) is 16.7 Å². The van der Waals surface area contributed by atoms with E-state index < -0.39 is 6.10 Å². The fourth-order valence-corrected chi connectivity index (χ4v) is 4.79. The van der Waals surface area contributed by atoms with E-state index in [2.05, 4.69) is 5.32 Å². The largest absolute Gasteiger partial charge is 0.365 e. The summed E-state index contributed by atoms with van der Waals surface area (Å²) in [4.78, 5) is 12.5. The number of rotatable bonds is 10. The third kappa shape index (κ3) is 7.97. The van der Waals surface area contributed by atoms with Crippen molar-refractivity contribution in [2.75, 3.05) is 0 Å². The number of carbonyl (C=O) groups is 1. The predicted octanol–water partition coefficient (Wildman–Crippen LogP) is 6.97. The van der Waals surface area contributed by atoms with Crippen molar-refractivity contribution in [3.63, 3.8) is 0 Å². The predicted molar refractivity (Wildman–Crippen MR) is 148 cm³/mol. The second-order valence-electron chi connectivity index (χ2n) is 8.75. The monoisotopic (exact) mass is 576 g/mol. The molecule has 0 bridgehead atoms. The van der Waals surface area contributed by atoms with Gasteiger partial charge in [-0.2, -0.15) is 0 Å². The molecule has 4 rings (SSSR count). The van der Waals surface area contributed by atoms with Crippen LogP contribution in [0.5, 0.6) is 0 Å². The third-order valence-electron chi connectivity index (χ3n) is 5.82. The molecule has 192 valence electrons. The van der Waals surface area contributed by atoms with E-state index in [1.165, 1.54) is 5.56 Å². The third-order valence-corrected chi connectivity index (χ3v) is 6.97. The van der Waals surface area contributed by atoms with Crippen molar-refractivity contribution < 1.29 is 14.1 Å². The standard InChI is InChI=1S/C28H25Cl4N3O2/c1-19-2-4-20(5-3-19)14-33-28(36)16-35-11-10-34(18-35)15-27(24-9-8-23(30)13-26(24)32)37-17-21-6-7-22(29)12-25(21)31/h2-13,18,27H,14-17H2,1H3/p+1. The number of carbonyl (C=O) groups excluding carboxylic acids is 1. The molecule has 0 aliphatic carbocycles. The van der Waals surface area contributed by atoms with Crippen LogP contribution in [0, 0.1) is 6.92 Å². The molecule has 1 amide bonds. The van der Waals surface area contributed by atoms with Crippen LogP contribution in [0.3, 0.4) is 0 Å². The highest BCUT2D eigenvalue weighted by Gasteiger charge is 2.21. The molecule has 9 heteroatoms. The SMILES string of the molecule is Cc1ccc(CNC(=O)C[n+]2ccn(CC(OCc3ccc(Cl)cc3Cl)c3ccc(Cl)cc3Cl)c2)cc1. The molecule has 37 heavy (non-hydrogen) atoms. The minimum Gasteiger partial charge on any atom is -0.365 e. The lowest BCUT2D eigenvalue weighted by atomic mass is 10.1. The average Bonchev–Trinajstić information content (AvgIpc) is 3.29. The zero-order valence-electron chi connectivity index (χ0n) is 20.1. The topological polar surface area (TPSA) is 47.1 Å². The van der Waals surface area contributed by atoms with Crippen molar-refractivity contribution in [1.82, 2.24) is 9.88 Å². The van der Waals surface area contributed by atoms with Crippen molar-refractivity contribution in [2.45, 2.75) is 39.3 Å². The maximum absolute atomic E-state index is 12.5. The van der Waals surface area contributed by atoms with Gasteiger partial charge in [0.1, 0.15) is 25.0 Å². The first kappa shape index (κ1) is 27.5. The van der Waals surface area contributed by atoms with Crippen molar-refractivity contribution >= 4 is 52.3 Å². The number of hydrogen-bond acceptors (Lipinski definition) is 2. The molecule has 0 fully saturated rings. The Morgan fingerprint density at radius 2 is 1.68 bits per heavy atom. The smallest absolute Gasteiger partial charge is 0.262 e. The minimum atomic E-state index is -0.396. The minimum absolute atomic E-state index is 0.0748. The second kappa shape index (κ2) is 12.8. The molecule has 0 saturated heterocycles. The summed E-state index contributed by atoms with van der Waals surface area (Å²) in [6, 6.07) is 18.7. The Bertz CT molecular complexity index is 1370. The summed E-state index contributed by atoms with van der Waals surface area (Å²) in [5.41, 5.74) is 3.86. The van der Waals surface area contributed by atoms with E-state index >= 15 is 0 Å². The molecule has 5 nitrogen and oxygen atoms in total. The van der Waals surface area contributed by atoms with E-state index in [-0.39, 0.29) is 19.1 Å². The molecule has 1 N–H and O–H groups in total. The van der Waals surface area contributed by atoms with E-state index in [1.54, 1.807) is 24.3 Å². The zero-order valence-corrected chi connectivity index (χ0v) is 23.2. The number of amides is 1. The van der Waals surface area contributed by atoms with Crippen LogP contribution in [0.1, 0.15) is 28.4 Å². The van der Waals surface area contributed by atoms with Gasteiger partial charge in [0.15, 0.2) is 6.54 Å². The highest BCUT2D eigenvalue weighted by molar-refractivity contribution is 6.35. The summed E-state index contributed by atoms with van der Waals surface area (Å²) < 4.78 is 10.1. The van der Waals surface area contributed by atoms with Crippen molar-refractivity contribution in [3.8, 4) is 0 Å². The Balaban J connectivity index is 1.42. The van der Waals surface area contributed by atoms with Crippen LogP contribution in [-0.4, -0.2) is 10.5 Å². The van der Waals surface area contributed by atoms with E-state index in [4.69, 9.17) is 51.1 Å². The molecule has 0 spiro atoms. The fourth-order valence-electron chi connectivity index (χ4n) is 3.79. The molecule has 4 aromatic rings. The number of nitrogens with one attached hydrogen (secondary N) is 1. The van der Waals surface area contributed by atoms with Gasteiger partial charge in [-0.1, -0.05) is 88.4 Å². The van der Waals surface area contributed by atoms with Crippen molar-refractivity contribution in [3.05, 3.63) is 122 Å². The van der Waals surface area contributed by atoms with Crippen LogP contribution in [0.25, 0.3) is 0 Å². The van der Waals surface area contributed by atoms with Crippen LogP contribution >= 0.6 is 46.4 Å². The number of halogens is 4. The molecule has 0 aliphatic rings. The molecule has 3 aromatic carbocycles. The number of ether oxygens (including phenoxy) is 1. The van der Waals surface area contributed by atoms with Gasteiger partial charge in [-0.15, -0.1) is 0 Å². The number of imidazole rings is 1. The number of aryl methyl sites for hydroxylation is 1. The Morgan fingerprint density at radius 1 is 0.973 bits per heavy atom. The van der Waals surface area contributed by atoms with E-state index in [9.17, 15) is 4.79 Å². The summed E-state index contributed by atoms with van der Waals surface area (Å²) in [5, 5.41) is 5.10. The van der Waals surface area contributed by atoms with Gasteiger partial charge in [0.25, 0.3) is 5.91 Å². The fraction of sp³-hybridized carbons (Fsp3) is 0.214. The second-order valence-corrected chi connectivity index (χ2v) is 10.4. The first-order chi connectivity index (χ1) is 17.8. The van der Waals surface area contributed by atoms with Gasteiger partial charge in [0.2, 0.25) is 6.33 Å². The van der Waals surface area contributed by atoms with Gasteiger partial charge in [-0.3, -0.25) is 4.79 Å². The van der Waals surface area contributed by atoms with Gasteiger partial charge in [0, 0.05) is 32.2 Å². The lowest BCUT2D eigenvalue weighted by Crippen LogP contribution is -2.41. The average molecular weight is 578 g/mol. The highest BCUT2D eigenvalue weighted by Crippen LogP contribution is 2.31. The lowest BCUT2D eigenvalue weighted by molar-refractivity contribution is -0.684. The molecular formula is C28H26Cl4N3O2+. The summed E-state index contributed by atoms with van der Waals surface area (Å²) in [7, 11) is 0. The number of aromatic nitrogens is 2. The molecule has 0 saturated carbocycles. The molecule has 1 unspecified atom stereocenters. The van der Waals surface area contributed by atoms with Crippen molar-refractivity contribution in [1.29, 1.82) is 0 Å². The number of benzene rings is 3. The zero-order chi connectivity index (χ0) is 26.4. The maximum atomic E-state index is 12.5. The summed E-state index contributed by atoms with van der Waals surface area (Å²) in [5.74, 6) is -0.0748. The number of hydrogen-bond donors (Lipinski definition) is 1. The molecule has 1 heterocycles. The van der Waals surface area contributed by atoms with E-state index in [0.29, 0.717) is 33.2 Å². The lowest BCUT2D eigenvalue weighted by Gasteiger charge is -2.19. The first-order valence-corrected chi connectivity index (χ1v) is 13.2. The summed E-state index contributed by atoms with van der Waals surface area (Å²) in [6.07, 6.45) is 5.21.